The predicted molar refractivity (Wildman–Crippen MR) is 141 cm³/mol. The highest BCUT2D eigenvalue weighted by Crippen LogP contribution is 2.20. The second-order valence-electron chi connectivity index (χ2n) is 9.43. The van der Waals surface area contributed by atoms with E-state index < -0.39 is 41.6 Å². The third-order valence-corrected chi connectivity index (χ3v) is 7.42. The van der Waals surface area contributed by atoms with Crippen molar-refractivity contribution in [3.05, 3.63) is 60.2 Å². The normalized spacial score (nSPS) is 20.0. The molecule has 1 aliphatic rings. The Morgan fingerprint density at radius 2 is 1.84 bits per heavy atom. The number of nitrogens with zero attached hydrogens (tertiary/aromatic N) is 1. The van der Waals surface area contributed by atoms with Gasteiger partial charge in [-0.1, -0.05) is 44.2 Å². The first kappa shape index (κ1) is 29.1. The fourth-order valence-corrected chi connectivity index (χ4v) is 5.48. The van der Waals surface area contributed by atoms with E-state index in [2.05, 4.69) is 5.32 Å². The van der Waals surface area contributed by atoms with Gasteiger partial charge in [-0.25, -0.2) is 13.3 Å². The Bertz CT molecular complexity index is 990. The Morgan fingerprint density at radius 3 is 2.43 bits per heavy atom. The molecule has 0 spiro atoms. The van der Waals surface area contributed by atoms with Crippen LogP contribution in [0.5, 0.6) is 5.75 Å². The van der Waals surface area contributed by atoms with Crippen LogP contribution in [-0.4, -0.2) is 78.2 Å². The number of nitrogens with one attached hydrogen (secondary N) is 1. The number of ether oxygens (including phenoxy) is 4. The summed E-state index contributed by atoms with van der Waals surface area (Å²) < 4.78 is 36.5. The SMILES string of the molecule is COc1ccc(S(=O)N(CC(C)C)C[C@@H](O)[C@H](Cc2ccccc2)NC(=O)O[C@H]2CO[C@@H](OC)C2)cc1. The minimum absolute atomic E-state index is 0.0902. The summed E-state index contributed by atoms with van der Waals surface area (Å²) in [5.41, 5.74) is 0.946. The maximum absolute atomic E-state index is 13.5. The third-order valence-electron chi connectivity index (χ3n) is 5.98. The maximum Gasteiger partial charge on any atom is 0.407 e. The minimum atomic E-state index is -1.51. The highest BCUT2D eigenvalue weighted by atomic mass is 32.2. The molecule has 1 unspecified atom stereocenters. The summed E-state index contributed by atoms with van der Waals surface area (Å²) in [4.78, 5) is 13.4. The van der Waals surface area contributed by atoms with Gasteiger partial charge in [-0.15, -0.1) is 0 Å². The quantitative estimate of drug-likeness (QED) is 0.407. The summed E-state index contributed by atoms with van der Waals surface area (Å²) in [5, 5.41) is 14.1. The van der Waals surface area contributed by atoms with Crippen molar-refractivity contribution in [2.75, 3.05) is 33.9 Å². The van der Waals surface area contributed by atoms with E-state index in [0.717, 1.165) is 5.56 Å². The van der Waals surface area contributed by atoms with E-state index in [1.807, 2.05) is 44.2 Å². The first-order valence-corrected chi connectivity index (χ1v) is 13.5. The zero-order valence-electron chi connectivity index (χ0n) is 21.9. The van der Waals surface area contributed by atoms with Crippen molar-refractivity contribution in [1.29, 1.82) is 0 Å². The molecule has 0 aromatic heterocycles. The van der Waals surface area contributed by atoms with Crippen LogP contribution in [-0.2, 0) is 31.6 Å². The number of alkyl carbamates (subject to hydrolysis) is 1. The molecular formula is C27H38N2O7S. The summed E-state index contributed by atoms with van der Waals surface area (Å²) >= 11 is 0. The second kappa shape index (κ2) is 14.4. The van der Waals surface area contributed by atoms with Crippen LogP contribution in [0.15, 0.2) is 59.5 Å². The number of aliphatic hydroxyl groups is 1. The summed E-state index contributed by atoms with van der Waals surface area (Å²) in [5.74, 6) is 0.877. The van der Waals surface area contributed by atoms with Gasteiger partial charge < -0.3 is 29.4 Å². The van der Waals surface area contributed by atoms with Crippen LogP contribution < -0.4 is 10.1 Å². The number of hydrogen-bond acceptors (Lipinski definition) is 7. The first-order chi connectivity index (χ1) is 17.8. The van der Waals surface area contributed by atoms with Gasteiger partial charge in [0.2, 0.25) is 0 Å². The van der Waals surface area contributed by atoms with Crippen molar-refractivity contribution >= 4 is 17.1 Å². The van der Waals surface area contributed by atoms with Crippen LogP contribution in [0.4, 0.5) is 4.79 Å². The van der Waals surface area contributed by atoms with E-state index in [9.17, 15) is 14.1 Å². The van der Waals surface area contributed by atoms with Crippen LogP contribution >= 0.6 is 0 Å². The number of amides is 1. The van der Waals surface area contributed by atoms with Crippen LogP contribution in [0.25, 0.3) is 0 Å². The van der Waals surface area contributed by atoms with E-state index in [-0.39, 0.29) is 19.1 Å². The number of aliphatic hydroxyl groups excluding tert-OH is 1. The predicted octanol–water partition coefficient (Wildman–Crippen LogP) is 3.14. The second-order valence-corrected chi connectivity index (χ2v) is 10.9. The van der Waals surface area contributed by atoms with Gasteiger partial charge in [0.25, 0.3) is 0 Å². The zero-order chi connectivity index (χ0) is 26.8. The maximum atomic E-state index is 13.5. The van der Waals surface area contributed by atoms with Gasteiger partial charge in [-0.3, -0.25) is 0 Å². The molecule has 10 heteroatoms. The summed E-state index contributed by atoms with van der Waals surface area (Å²) in [6.07, 6.45) is -1.67. The van der Waals surface area contributed by atoms with Gasteiger partial charge in [0.05, 0.1) is 30.8 Å². The standard InChI is InChI=1S/C27H38N2O7S/c1-19(2)16-29(37(32)23-12-10-21(33-3)11-13-23)17-25(30)24(14-20-8-6-5-7-9-20)28-27(31)36-22-15-26(34-4)35-18-22/h5-13,19,22,24-26,30H,14-18H2,1-4H3,(H,28,31)/t22-,24+,25-,26-,37?/m1/s1. The molecule has 204 valence electrons. The molecular weight excluding hydrogens is 496 g/mol. The average molecular weight is 535 g/mol. The molecule has 3 rings (SSSR count). The van der Waals surface area contributed by atoms with Crippen molar-refractivity contribution in [1.82, 2.24) is 9.62 Å². The van der Waals surface area contributed by atoms with E-state index in [4.69, 9.17) is 18.9 Å². The van der Waals surface area contributed by atoms with Crippen LogP contribution in [0.3, 0.4) is 0 Å². The van der Waals surface area contributed by atoms with Crippen LogP contribution in [0.2, 0.25) is 0 Å². The molecule has 2 aromatic rings. The Morgan fingerprint density at radius 1 is 1.14 bits per heavy atom. The van der Waals surface area contributed by atoms with E-state index >= 15 is 0 Å². The Kier molecular flexibility index (Phi) is 11.3. The van der Waals surface area contributed by atoms with Crippen LogP contribution in [0.1, 0.15) is 25.8 Å². The fraction of sp³-hybridized carbons (Fsp3) is 0.519. The topological polar surface area (TPSA) is 107 Å². The van der Waals surface area contributed by atoms with Crippen molar-refractivity contribution in [2.45, 2.75) is 56.1 Å². The van der Waals surface area contributed by atoms with Gasteiger partial charge in [0.15, 0.2) is 6.29 Å². The lowest BCUT2D eigenvalue weighted by Crippen LogP contribution is -2.50. The molecule has 0 aliphatic carbocycles. The number of benzene rings is 2. The number of carbonyl (C=O) groups excluding carboxylic acids is 1. The molecule has 1 aliphatic heterocycles. The third kappa shape index (κ3) is 9.08. The smallest absolute Gasteiger partial charge is 0.407 e. The van der Waals surface area contributed by atoms with Gasteiger partial charge in [0.1, 0.15) is 22.8 Å². The molecule has 1 fully saturated rings. The lowest BCUT2D eigenvalue weighted by Gasteiger charge is -2.30. The van der Waals surface area contributed by atoms with E-state index in [1.165, 1.54) is 7.11 Å². The first-order valence-electron chi connectivity index (χ1n) is 12.4. The zero-order valence-corrected chi connectivity index (χ0v) is 22.7. The van der Waals surface area contributed by atoms with Gasteiger partial charge in [0, 0.05) is 26.6 Å². The molecule has 0 saturated carbocycles. The summed E-state index contributed by atoms with van der Waals surface area (Å²) in [6, 6.07) is 15.9. The molecule has 0 radical (unpaired) electrons. The highest BCUT2D eigenvalue weighted by Gasteiger charge is 2.31. The molecule has 2 aromatic carbocycles. The van der Waals surface area contributed by atoms with Crippen molar-refractivity contribution in [3.8, 4) is 5.75 Å². The monoisotopic (exact) mass is 534 g/mol. The Balaban J connectivity index is 1.73. The Labute approximate surface area is 221 Å². The lowest BCUT2D eigenvalue weighted by molar-refractivity contribution is -0.0883. The molecule has 5 atom stereocenters. The molecule has 1 saturated heterocycles. The number of methoxy groups -OCH3 is 2. The molecule has 2 N–H and O–H groups in total. The van der Waals surface area contributed by atoms with E-state index in [1.54, 1.807) is 35.7 Å². The van der Waals surface area contributed by atoms with Gasteiger partial charge in [-0.2, -0.15) is 0 Å². The Hall–Kier alpha value is -2.50. The number of carbonyl (C=O) groups is 1. The summed E-state index contributed by atoms with van der Waals surface area (Å²) in [7, 11) is 1.60. The van der Waals surface area contributed by atoms with Gasteiger partial charge in [-0.05, 0) is 42.2 Å². The number of hydrogen-bond donors (Lipinski definition) is 2. The fourth-order valence-electron chi connectivity index (χ4n) is 4.09. The molecule has 1 amide bonds. The van der Waals surface area contributed by atoms with E-state index in [0.29, 0.717) is 30.0 Å². The molecule has 9 nitrogen and oxygen atoms in total. The summed E-state index contributed by atoms with van der Waals surface area (Å²) in [6.45, 7) is 4.89. The minimum Gasteiger partial charge on any atom is -0.497 e. The molecule has 0 bridgehead atoms. The van der Waals surface area contributed by atoms with Crippen molar-refractivity contribution < 1.29 is 33.1 Å². The largest absolute Gasteiger partial charge is 0.497 e. The lowest BCUT2D eigenvalue weighted by atomic mass is 10.0. The van der Waals surface area contributed by atoms with Crippen LogP contribution in [0, 0.1) is 5.92 Å². The van der Waals surface area contributed by atoms with Crippen molar-refractivity contribution in [3.63, 3.8) is 0 Å². The number of rotatable bonds is 13. The average Bonchev–Trinajstić information content (AvgIpc) is 3.35. The van der Waals surface area contributed by atoms with Gasteiger partial charge >= 0.3 is 6.09 Å². The van der Waals surface area contributed by atoms with Crippen molar-refractivity contribution in [2.24, 2.45) is 5.92 Å². The molecule has 1 heterocycles. The molecule has 37 heavy (non-hydrogen) atoms. The highest BCUT2D eigenvalue weighted by molar-refractivity contribution is 7.82.